The Bertz CT molecular complexity index is 709. The molecule has 1 aliphatic heterocycles. The summed E-state index contributed by atoms with van der Waals surface area (Å²) in [6.45, 7) is 2.21. The van der Waals surface area contributed by atoms with Gasteiger partial charge in [0.05, 0.1) is 17.8 Å². The van der Waals surface area contributed by atoms with Crippen LogP contribution in [0.2, 0.25) is 0 Å². The van der Waals surface area contributed by atoms with Crippen LogP contribution in [0.15, 0.2) is 24.3 Å². The number of hydrogen-bond acceptors (Lipinski definition) is 3. The Labute approximate surface area is 169 Å². The standard InChI is InChI=1S/C21H28F3N3O2/c22-21(23,24)17-8-4-5-9-18(17)25-19(28)15-26-10-12-27(13-11-26)20(29)14-16-6-2-1-3-7-16/h4-5,8-9,16H,1-3,6-7,10-15H2,(H,25,28). The number of rotatable bonds is 5. The minimum Gasteiger partial charge on any atom is -0.340 e. The molecule has 2 amide bonds. The van der Waals surface area contributed by atoms with Gasteiger partial charge in [0.15, 0.2) is 0 Å². The van der Waals surface area contributed by atoms with E-state index in [4.69, 9.17) is 0 Å². The van der Waals surface area contributed by atoms with Gasteiger partial charge < -0.3 is 10.2 Å². The lowest BCUT2D eigenvalue weighted by molar-refractivity contribution is -0.137. The summed E-state index contributed by atoms with van der Waals surface area (Å²) >= 11 is 0. The molecular weight excluding hydrogens is 383 g/mol. The first-order chi connectivity index (χ1) is 13.8. The van der Waals surface area contributed by atoms with Gasteiger partial charge in [0.1, 0.15) is 0 Å². The SMILES string of the molecule is O=C(CN1CCN(C(=O)CC2CCCCC2)CC1)Nc1ccccc1C(F)(F)F. The molecule has 0 bridgehead atoms. The van der Waals surface area contributed by atoms with Gasteiger partial charge in [-0.05, 0) is 30.9 Å². The highest BCUT2D eigenvalue weighted by molar-refractivity contribution is 5.93. The molecule has 3 rings (SSSR count). The van der Waals surface area contributed by atoms with Crippen LogP contribution in [0.5, 0.6) is 0 Å². The van der Waals surface area contributed by atoms with Crippen molar-refractivity contribution in [1.82, 2.24) is 9.80 Å². The second kappa shape index (κ2) is 9.61. The quantitative estimate of drug-likeness (QED) is 0.803. The Hall–Kier alpha value is -2.09. The maximum absolute atomic E-state index is 13.0. The summed E-state index contributed by atoms with van der Waals surface area (Å²) in [6, 6.07) is 4.96. The molecule has 8 heteroatoms. The molecule has 0 radical (unpaired) electrons. The summed E-state index contributed by atoms with van der Waals surface area (Å²) in [5.41, 5.74) is -1.09. The van der Waals surface area contributed by atoms with E-state index < -0.39 is 17.6 Å². The number of para-hydroxylation sites is 1. The molecule has 1 saturated heterocycles. The molecule has 1 N–H and O–H groups in total. The number of halogens is 3. The van der Waals surface area contributed by atoms with Crippen LogP contribution in [-0.4, -0.2) is 54.3 Å². The van der Waals surface area contributed by atoms with Crippen molar-refractivity contribution in [3.63, 3.8) is 0 Å². The molecule has 1 saturated carbocycles. The van der Waals surface area contributed by atoms with E-state index in [0.717, 1.165) is 18.9 Å². The van der Waals surface area contributed by atoms with Gasteiger partial charge in [0.2, 0.25) is 11.8 Å². The zero-order chi connectivity index (χ0) is 20.9. The van der Waals surface area contributed by atoms with Crippen LogP contribution in [0.3, 0.4) is 0 Å². The Kier molecular flexibility index (Phi) is 7.16. The predicted octanol–water partition coefficient (Wildman–Crippen LogP) is 3.76. The third kappa shape index (κ3) is 6.19. The molecule has 29 heavy (non-hydrogen) atoms. The number of anilines is 1. The zero-order valence-electron chi connectivity index (χ0n) is 16.5. The number of hydrogen-bond donors (Lipinski definition) is 1. The smallest absolute Gasteiger partial charge is 0.340 e. The monoisotopic (exact) mass is 411 g/mol. The maximum atomic E-state index is 13.0. The Morgan fingerprint density at radius 1 is 1.00 bits per heavy atom. The van der Waals surface area contributed by atoms with E-state index in [1.807, 2.05) is 9.80 Å². The van der Waals surface area contributed by atoms with Crippen molar-refractivity contribution >= 4 is 17.5 Å². The summed E-state index contributed by atoms with van der Waals surface area (Å²) in [6.07, 6.45) is 2.02. The van der Waals surface area contributed by atoms with Crippen molar-refractivity contribution < 1.29 is 22.8 Å². The molecule has 2 fully saturated rings. The molecule has 0 spiro atoms. The van der Waals surface area contributed by atoms with Crippen LogP contribution in [0.25, 0.3) is 0 Å². The number of carbonyl (C=O) groups excluding carboxylic acids is 2. The summed E-state index contributed by atoms with van der Waals surface area (Å²) in [7, 11) is 0. The average molecular weight is 411 g/mol. The number of amides is 2. The molecule has 1 heterocycles. The highest BCUT2D eigenvalue weighted by Gasteiger charge is 2.33. The lowest BCUT2D eigenvalue weighted by atomic mass is 9.86. The van der Waals surface area contributed by atoms with Gasteiger partial charge in [-0.2, -0.15) is 13.2 Å². The third-order valence-corrected chi connectivity index (χ3v) is 5.79. The number of nitrogens with one attached hydrogen (secondary N) is 1. The molecule has 160 valence electrons. The Balaban J connectivity index is 1.45. The number of benzene rings is 1. The van der Waals surface area contributed by atoms with Crippen molar-refractivity contribution in [3.05, 3.63) is 29.8 Å². The van der Waals surface area contributed by atoms with E-state index in [0.29, 0.717) is 38.5 Å². The number of alkyl halides is 3. The Morgan fingerprint density at radius 2 is 1.66 bits per heavy atom. The lowest BCUT2D eigenvalue weighted by Crippen LogP contribution is -2.50. The molecule has 0 aromatic heterocycles. The van der Waals surface area contributed by atoms with Crippen molar-refractivity contribution in [1.29, 1.82) is 0 Å². The molecular formula is C21H28F3N3O2. The normalized spacial score (nSPS) is 19.2. The predicted molar refractivity (Wildman–Crippen MR) is 104 cm³/mol. The van der Waals surface area contributed by atoms with E-state index in [2.05, 4.69) is 5.32 Å². The van der Waals surface area contributed by atoms with Crippen molar-refractivity contribution in [2.45, 2.75) is 44.7 Å². The first kappa shape index (κ1) is 21.6. The van der Waals surface area contributed by atoms with Crippen molar-refractivity contribution in [3.8, 4) is 0 Å². The van der Waals surface area contributed by atoms with Crippen LogP contribution < -0.4 is 5.32 Å². The van der Waals surface area contributed by atoms with E-state index in [1.54, 1.807) is 0 Å². The van der Waals surface area contributed by atoms with Gasteiger partial charge in [-0.15, -0.1) is 0 Å². The van der Waals surface area contributed by atoms with Crippen LogP contribution in [-0.2, 0) is 15.8 Å². The van der Waals surface area contributed by atoms with E-state index in [1.165, 1.54) is 37.5 Å². The van der Waals surface area contributed by atoms with Gasteiger partial charge in [-0.3, -0.25) is 14.5 Å². The minimum absolute atomic E-state index is 0.0108. The van der Waals surface area contributed by atoms with Gasteiger partial charge >= 0.3 is 6.18 Å². The van der Waals surface area contributed by atoms with Crippen LogP contribution in [0, 0.1) is 5.92 Å². The highest BCUT2D eigenvalue weighted by atomic mass is 19.4. The molecule has 0 unspecified atom stereocenters. The highest BCUT2D eigenvalue weighted by Crippen LogP contribution is 2.34. The van der Waals surface area contributed by atoms with Gasteiger partial charge in [0.25, 0.3) is 0 Å². The second-order valence-electron chi connectivity index (χ2n) is 7.96. The van der Waals surface area contributed by atoms with Crippen molar-refractivity contribution in [2.75, 3.05) is 38.0 Å². The fourth-order valence-corrected chi connectivity index (χ4v) is 4.15. The molecule has 1 aromatic carbocycles. The third-order valence-electron chi connectivity index (χ3n) is 5.79. The number of carbonyl (C=O) groups is 2. The summed E-state index contributed by atoms with van der Waals surface area (Å²) in [5.74, 6) is 0.192. The molecule has 1 aromatic rings. The first-order valence-corrected chi connectivity index (χ1v) is 10.3. The van der Waals surface area contributed by atoms with E-state index in [-0.39, 0.29) is 18.1 Å². The van der Waals surface area contributed by atoms with Crippen LogP contribution in [0.1, 0.15) is 44.1 Å². The summed E-state index contributed by atoms with van der Waals surface area (Å²) in [5, 5.41) is 2.37. The van der Waals surface area contributed by atoms with Crippen LogP contribution >= 0.6 is 0 Å². The fraction of sp³-hybridized carbons (Fsp3) is 0.619. The van der Waals surface area contributed by atoms with Gasteiger partial charge in [0, 0.05) is 32.6 Å². The molecule has 0 atom stereocenters. The average Bonchev–Trinajstić information content (AvgIpc) is 2.69. The summed E-state index contributed by atoms with van der Waals surface area (Å²) in [4.78, 5) is 28.4. The van der Waals surface area contributed by atoms with Gasteiger partial charge in [-0.25, -0.2) is 0 Å². The zero-order valence-corrected chi connectivity index (χ0v) is 16.5. The molecule has 2 aliphatic rings. The van der Waals surface area contributed by atoms with Crippen LogP contribution in [0.4, 0.5) is 18.9 Å². The van der Waals surface area contributed by atoms with E-state index in [9.17, 15) is 22.8 Å². The first-order valence-electron chi connectivity index (χ1n) is 10.3. The number of piperazine rings is 1. The minimum atomic E-state index is -4.52. The largest absolute Gasteiger partial charge is 0.418 e. The molecule has 5 nitrogen and oxygen atoms in total. The lowest BCUT2D eigenvalue weighted by Gasteiger charge is -2.35. The van der Waals surface area contributed by atoms with Gasteiger partial charge in [-0.1, -0.05) is 31.4 Å². The number of nitrogens with zero attached hydrogens (tertiary/aromatic N) is 2. The molecule has 1 aliphatic carbocycles. The fourth-order valence-electron chi connectivity index (χ4n) is 4.15. The Morgan fingerprint density at radius 3 is 2.31 bits per heavy atom. The second-order valence-corrected chi connectivity index (χ2v) is 7.96. The summed E-state index contributed by atoms with van der Waals surface area (Å²) < 4.78 is 39.1. The van der Waals surface area contributed by atoms with E-state index >= 15 is 0 Å². The topological polar surface area (TPSA) is 52.7 Å². The van der Waals surface area contributed by atoms with Crippen molar-refractivity contribution in [2.24, 2.45) is 5.92 Å². The maximum Gasteiger partial charge on any atom is 0.418 e.